The molecule has 2 saturated heterocycles. The number of amides is 1. The summed E-state index contributed by atoms with van der Waals surface area (Å²) < 4.78 is 0. The number of carbonyl (C=O) groups excluding carboxylic acids is 1. The SMILES string of the molecule is CN1C2CCC1CN(C(=O)C1CC1)C2. The van der Waals surface area contributed by atoms with Crippen LogP contribution in [0.2, 0.25) is 0 Å². The Morgan fingerprint density at radius 2 is 1.64 bits per heavy atom. The minimum atomic E-state index is 0.401. The third kappa shape index (κ3) is 1.26. The predicted octanol–water partition coefficient (Wildman–Crippen LogP) is 0.701. The van der Waals surface area contributed by atoms with E-state index in [0.717, 1.165) is 25.9 Å². The molecule has 2 heterocycles. The van der Waals surface area contributed by atoms with E-state index in [-0.39, 0.29) is 0 Å². The first-order valence-corrected chi connectivity index (χ1v) is 5.76. The number of rotatable bonds is 1. The molecule has 0 aromatic rings. The Morgan fingerprint density at radius 1 is 1.07 bits per heavy atom. The van der Waals surface area contributed by atoms with Crippen LogP contribution in [0, 0.1) is 5.92 Å². The van der Waals surface area contributed by atoms with Crippen LogP contribution in [0.3, 0.4) is 0 Å². The topological polar surface area (TPSA) is 23.6 Å². The van der Waals surface area contributed by atoms with Gasteiger partial charge in [-0.05, 0) is 32.7 Å². The molecule has 3 aliphatic rings. The summed E-state index contributed by atoms with van der Waals surface area (Å²) in [5.41, 5.74) is 0. The van der Waals surface area contributed by atoms with E-state index in [1.165, 1.54) is 12.8 Å². The summed E-state index contributed by atoms with van der Waals surface area (Å²) in [5.74, 6) is 0.841. The molecule has 14 heavy (non-hydrogen) atoms. The highest BCUT2D eigenvalue weighted by Gasteiger charge is 2.42. The van der Waals surface area contributed by atoms with Crippen LogP contribution in [-0.2, 0) is 4.79 Å². The van der Waals surface area contributed by atoms with Gasteiger partial charge in [-0.3, -0.25) is 9.69 Å². The molecule has 2 atom stereocenters. The Labute approximate surface area is 85.1 Å². The van der Waals surface area contributed by atoms with Gasteiger partial charge < -0.3 is 4.90 Å². The van der Waals surface area contributed by atoms with Crippen LogP contribution in [0.1, 0.15) is 25.7 Å². The number of piperazine rings is 1. The van der Waals surface area contributed by atoms with Crippen LogP contribution in [0.25, 0.3) is 0 Å². The highest BCUT2D eigenvalue weighted by Crippen LogP contribution is 2.34. The van der Waals surface area contributed by atoms with Crippen molar-refractivity contribution in [2.45, 2.75) is 37.8 Å². The van der Waals surface area contributed by atoms with Gasteiger partial charge in [-0.25, -0.2) is 0 Å². The van der Waals surface area contributed by atoms with Crippen LogP contribution >= 0.6 is 0 Å². The van der Waals surface area contributed by atoms with Gasteiger partial charge >= 0.3 is 0 Å². The van der Waals surface area contributed by atoms with Gasteiger partial charge in [0.2, 0.25) is 5.91 Å². The molecule has 2 unspecified atom stereocenters. The molecule has 0 N–H and O–H groups in total. The molecule has 2 aliphatic heterocycles. The molecule has 3 nitrogen and oxygen atoms in total. The van der Waals surface area contributed by atoms with E-state index in [1.807, 2.05) is 0 Å². The van der Waals surface area contributed by atoms with E-state index in [4.69, 9.17) is 0 Å². The van der Waals surface area contributed by atoms with E-state index < -0.39 is 0 Å². The molecule has 1 amide bonds. The van der Waals surface area contributed by atoms with E-state index in [0.29, 0.717) is 23.9 Å². The molecular weight excluding hydrogens is 176 g/mol. The summed E-state index contributed by atoms with van der Waals surface area (Å²) in [7, 11) is 2.21. The second-order valence-corrected chi connectivity index (χ2v) is 5.07. The number of carbonyl (C=O) groups is 1. The zero-order valence-electron chi connectivity index (χ0n) is 8.78. The largest absolute Gasteiger partial charge is 0.339 e. The van der Waals surface area contributed by atoms with Crippen molar-refractivity contribution in [1.29, 1.82) is 0 Å². The van der Waals surface area contributed by atoms with Crippen LogP contribution in [0.4, 0.5) is 0 Å². The molecule has 2 bridgehead atoms. The van der Waals surface area contributed by atoms with Gasteiger partial charge in [0.25, 0.3) is 0 Å². The Hall–Kier alpha value is -0.570. The van der Waals surface area contributed by atoms with E-state index in [1.54, 1.807) is 0 Å². The normalized spacial score (nSPS) is 37.6. The summed E-state index contributed by atoms with van der Waals surface area (Å²) in [6.07, 6.45) is 4.85. The average molecular weight is 194 g/mol. The van der Waals surface area contributed by atoms with Crippen LogP contribution in [-0.4, -0.2) is 47.9 Å². The van der Waals surface area contributed by atoms with Gasteiger partial charge in [0.1, 0.15) is 0 Å². The van der Waals surface area contributed by atoms with E-state index in [9.17, 15) is 4.79 Å². The summed E-state index contributed by atoms with van der Waals surface area (Å²) in [6, 6.07) is 1.30. The lowest BCUT2D eigenvalue weighted by Gasteiger charge is -2.39. The smallest absolute Gasteiger partial charge is 0.225 e. The molecular formula is C11H18N2O. The number of likely N-dealkylation sites (N-methyl/N-ethyl adjacent to an activating group) is 1. The molecule has 0 aromatic carbocycles. The first-order chi connectivity index (χ1) is 6.75. The average Bonchev–Trinajstić information content (AvgIpc) is 3.00. The third-order valence-electron chi connectivity index (χ3n) is 4.09. The van der Waals surface area contributed by atoms with Crippen molar-refractivity contribution in [2.75, 3.05) is 20.1 Å². The second-order valence-electron chi connectivity index (χ2n) is 5.07. The molecule has 1 aliphatic carbocycles. The number of fused-ring (bicyclic) bond motifs is 2. The Kier molecular flexibility index (Phi) is 1.84. The molecule has 3 rings (SSSR count). The van der Waals surface area contributed by atoms with Gasteiger partial charge in [-0.1, -0.05) is 0 Å². The summed E-state index contributed by atoms with van der Waals surface area (Å²) in [4.78, 5) is 16.5. The number of likely N-dealkylation sites (tertiary alicyclic amines) is 1. The summed E-state index contributed by atoms with van der Waals surface area (Å²) in [6.45, 7) is 1.98. The molecule has 3 heteroatoms. The summed E-state index contributed by atoms with van der Waals surface area (Å²) >= 11 is 0. The fourth-order valence-electron chi connectivity index (χ4n) is 2.88. The first kappa shape index (κ1) is 8.72. The van der Waals surface area contributed by atoms with Crippen molar-refractivity contribution in [3.8, 4) is 0 Å². The fourth-order valence-corrected chi connectivity index (χ4v) is 2.88. The molecule has 3 fully saturated rings. The minimum Gasteiger partial charge on any atom is -0.339 e. The number of hydrogen-bond acceptors (Lipinski definition) is 2. The second kappa shape index (κ2) is 2.96. The quantitative estimate of drug-likeness (QED) is 0.613. The van der Waals surface area contributed by atoms with Crippen molar-refractivity contribution in [3.63, 3.8) is 0 Å². The molecule has 0 spiro atoms. The maximum atomic E-state index is 11.9. The highest BCUT2D eigenvalue weighted by molar-refractivity contribution is 5.81. The highest BCUT2D eigenvalue weighted by atomic mass is 16.2. The van der Waals surface area contributed by atoms with Gasteiger partial charge in [0.15, 0.2) is 0 Å². The lowest BCUT2D eigenvalue weighted by atomic mass is 10.2. The monoisotopic (exact) mass is 194 g/mol. The van der Waals surface area contributed by atoms with Crippen LogP contribution in [0.5, 0.6) is 0 Å². The van der Waals surface area contributed by atoms with Gasteiger partial charge in [0, 0.05) is 31.1 Å². The molecule has 0 aromatic heterocycles. The van der Waals surface area contributed by atoms with Crippen LogP contribution < -0.4 is 0 Å². The molecule has 78 valence electrons. The van der Waals surface area contributed by atoms with Crippen molar-refractivity contribution < 1.29 is 4.79 Å². The third-order valence-corrected chi connectivity index (χ3v) is 4.09. The van der Waals surface area contributed by atoms with Gasteiger partial charge in [0.05, 0.1) is 0 Å². The maximum absolute atomic E-state index is 11.9. The number of hydrogen-bond donors (Lipinski definition) is 0. The first-order valence-electron chi connectivity index (χ1n) is 5.76. The summed E-state index contributed by atoms with van der Waals surface area (Å²) in [5, 5.41) is 0. The minimum absolute atomic E-state index is 0.401. The Bertz CT molecular complexity index is 248. The maximum Gasteiger partial charge on any atom is 0.225 e. The molecule has 1 saturated carbocycles. The van der Waals surface area contributed by atoms with Crippen LogP contribution in [0.15, 0.2) is 0 Å². The zero-order chi connectivity index (χ0) is 9.71. The standard InChI is InChI=1S/C11H18N2O/c1-12-9-4-5-10(12)7-13(6-9)11(14)8-2-3-8/h8-10H,2-7H2,1H3. The van der Waals surface area contributed by atoms with Crippen molar-refractivity contribution >= 4 is 5.91 Å². The lowest BCUT2D eigenvalue weighted by molar-refractivity contribution is -0.135. The Morgan fingerprint density at radius 3 is 2.14 bits per heavy atom. The zero-order valence-corrected chi connectivity index (χ0v) is 8.78. The lowest BCUT2D eigenvalue weighted by Crippen LogP contribution is -2.54. The van der Waals surface area contributed by atoms with E-state index in [2.05, 4.69) is 16.8 Å². The number of nitrogens with zero attached hydrogens (tertiary/aromatic N) is 2. The van der Waals surface area contributed by atoms with Gasteiger partial charge in [-0.2, -0.15) is 0 Å². The van der Waals surface area contributed by atoms with Crippen molar-refractivity contribution in [1.82, 2.24) is 9.80 Å². The molecule has 0 radical (unpaired) electrons. The fraction of sp³-hybridized carbons (Fsp3) is 0.909. The van der Waals surface area contributed by atoms with Crippen molar-refractivity contribution in [3.05, 3.63) is 0 Å². The Balaban J connectivity index is 1.70. The van der Waals surface area contributed by atoms with Crippen molar-refractivity contribution in [2.24, 2.45) is 5.92 Å². The van der Waals surface area contributed by atoms with E-state index >= 15 is 0 Å². The predicted molar refractivity (Wildman–Crippen MR) is 53.9 cm³/mol. The van der Waals surface area contributed by atoms with Gasteiger partial charge in [-0.15, -0.1) is 0 Å².